The van der Waals surface area contributed by atoms with Crippen molar-refractivity contribution in [1.82, 2.24) is 4.57 Å². The molecule has 0 saturated heterocycles. The van der Waals surface area contributed by atoms with E-state index in [2.05, 4.69) is 11.9 Å². The predicted molar refractivity (Wildman–Crippen MR) is 123 cm³/mol. The van der Waals surface area contributed by atoms with Crippen LogP contribution in [0.2, 0.25) is 0 Å². The Morgan fingerprint density at radius 1 is 1.03 bits per heavy atom. The Hall–Kier alpha value is -3.13. The van der Waals surface area contributed by atoms with Crippen molar-refractivity contribution in [1.29, 1.82) is 0 Å². The summed E-state index contributed by atoms with van der Waals surface area (Å²) >= 11 is 1.48. The van der Waals surface area contributed by atoms with Crippen LogP contribution >= 0.6 is 11.3 Å². The summed E-state index contributed by atoms with van der Waals surface area (Å²) in [5.74, 6) is 0.486. The lowest BCUT2D eigenvalue weighted by Crippen LogP contribution is -2.17. The number of amides is 1. The molecular formula is C24H27FN2O4S. The lowest BCUT2D eigenvalue weighted by atomic mass is 10.1. The molecule has 0 atom stereocenters. The van der Waals surface area contributed by atoms with Gasteiger partial charge in [0, 0.05) is 17.0 Å². The van der Waals surface area contributed by atoms with E-state index in [0.717, 1.165) is 29.0 Å². The van der Waals surface area contributed by atoms with E-state index >= 15 is 0 Å². The Kier molecular flexibility index (Phi) is 7.69. The zero-order valence-corrected chi connectivity index (χ0v) is 19.7. The molecule has 0 unspecified atom stereocenters. The number of methoxy groups -OCH3 is 3. The van der Waals surface area contributed by atoms with E-state index in [1.807, 2.05) is 11.5 Å². The quantitative estimate of drug-likeness (QED) is 0.471. The smallest absolute Gasteiger partial charge is 0.279 e. The molecule has 0 fully saturated rings. The summed E-state index contributed by atoms with van der Waals surface area (Å²) in [6, 6.07) is 9.58. The maximum atomic E-state index is 13.5. The summed E-state index contributed by atoms with van der Waals surface area (Å²) in [6.07, 6.45) is 1.78. The fraction of sp³-hybridized carbons (Fsp3) is 0.333. The molecule has 0 aliphatic carbocycles. The number of carbonyl (C=O) groups excluding carboxylic acids is 1. The first-order valence-corrected chi connectivity index (χ1v) is 11.2. The van der Waals surface area contributed by atoms with Crippen molar-refractivity contribution in [3.05, 3.63) is 57.5 Å². The standard InChI is InChI=1S/C24H27FN2O4S/c1-6-8-20-21(15-9-11-17(25)12-10-15)27(7-2)24(32-20)26-23(28)16-13-18(29-3)22(31-5)19(14-16)30-4/h9-14H,6-8H2,1-5H3. The van der Waals surface area contributed by atoms with Crippen LogP contribution in [0.25, 0.3) is 11.3 Å². The predicted octanol–water partition coefficient (Wildman–Crippen LogP) is 5.10. The molecule has 0 bridgehead atoms. The Morgan fingerprint density at radius 3 is 2.16 bits per heavy atom. The molecule has 6 nitrogen and oxygen atoms in total. The largest absolute Gasteiger partial charge is 0.493 e. The molecular weight excluding hydrogens is 431 g/mol. The van der Waals surface area contributed by atoms with Crippen LogP contribution in [0, 0.1) is 5.82 Å². The Bertz CT molecular complexity index is 1140. The third-order valence-electron chi connectivity index (χ3n) is 5.00. The summed E-state index contributed by atoms with van der Waals surface area (Å²) in [5, 5.41) is 0. The minimum atomic E-state index is -0.415. The highest BCUT2D eigenvalue weighted by Crippen LogP contribution is 2.38. The third kappa shape index (κ3) is 4.70. The molecule has 2 aromatic carbocycles. The van der Waals surface area contributed by atoms with Crippen LogP contribution in [0.5, 0.6) is 17.2 Å². The Labute approximate surface area is 190 Å². The van der Waals surface area contributed by atoms with Gasteiger partial charge in [-0.2, -0.15) is 4.99 Å². The van der Waals surface area contributed by atoms with Crippen molar-refractivity contribution in [2.45, 2.75) is 33.2 Å². The van der Waals surface area contributed by atoms with E-state index in [1.165, 1.54) is 44.8 Å². The first-order chi connectivity index (χ1) is 15.5. The van der Waals surface area contributed by atoms with Gasteiger partial charge in [-0.05, 0) is 55.3 Å². The van der Waals surface area contributed by atoms with Crippen LogP contribution in [-0.4, -0.2) is 31.8 Å². The molecule has 1 aromatic heterocycles. The van der Waals surface area contributed by atoms with Gasteiger partial charge in [0.1, 0.15) is 5.82 Å². The zero-order valence-electron chi connectivity index (χ0n) is 18.9. The average Bonchev–Trinajstić information content (AvgIpc) is 3.15. The average molecular weight is 459 g/mol. The molecule has 0 N–H and O–H groups in total. The van der Waals surface area contributed by atoms with E-state index < -0.39 is 5.91 Å². The van der Waals surface area contributed by atoms with Crippen LogP contribution in [0.3, 0.4) is 0 Å². The fourth-order valence-electron chi connectivity index (χ4n) is 3.51. The van der Waals surface area contributed by atoms with Gasteiger partial charge in [-0.1, -0.05) is 13.3 Å². The van der Waals surface area contributed by atoms with Crippen molar-refractivity contribution < 1.29 is 23.4 Å². The van der Waals surface area contributed by atoms with E-state index in [9.17, 15) is 9.18 Å². The number of benzene rings is 2. The van der Waals surface area contributed by atoms with Crippen molar-refractivity contribution in [2.75, 3.05) is 21.3 Å². The lowest BCUT2D eigenvalue weighted by molar-refractivity contribution is 0.0997. The summed E-state index contributed by atoms with van der Waals surface area (Å²) in [7, 11) is 4.51. The van der Waals surface area contributed by atoms with E-state index in [0.29, 0.717) is 34.2 Å². The molecule has 170 valence electrons. The highest BCUT2D eigenvalue weighted by molar-refractivity contribution is 7.09. The number of nitrogens with zero attached hydrogens (tertiary/aromatic N) is 2. The number of rotatable bonds is 8. The van der Waals surface area contributed by atoms with E-state index in [-0.39, 0.29) is 5.82 Å². The number of aryl methyl sites for hydroxylation is 1. The summed E-state index contributed by atoms with van der Waals surface area (Å²) in [5.41, 5.74) is 2.20. The second kappa shape index (κ2) is 10.5. The van der Waals surface area contributed by atoms with Crippen LogP contribution in [-0.2, 0) is 13.0 Å². The first kappa shape index (κ1) is 23.5. The number of halogens is 1. The minimum absolute atomic E-state index is 0.286. The van der Waals surface area contributed by atoms with Gasteiger partial charge in [-0.15, -0.1) is 11.3 Å². The number of hydrogen-bond acceptors (Lipinski definition) is 5. The van der Waals surface area contributed by atoms with Gasteiger partial charge in [-0.25, -0.2) is 4.39 Å². The summed E-state index contributed by atoms with van der Waals surface area (Å²) < 4.78 is 31.5. The topological polar surface area (TPSA) is 62.1 Å². The van der Waals surface area contributed by atoms with Crippen molar-refractivity contribution in [3.8, 4) is 28.5 Å². The molecule has 0 aliphatic rings. The van der Waals surface area contributed by atoms with E-state index in [1.54, 1.807) is 24.3 Å². The van der Waals surface area contributed by atoms with Crippen LogP contribution in [0.4, 0.5) is 4.39 Å². The maximum absolute atomic E-state index is 13.5. The zero-order chi connectivity index (χ0) is 23.3. The molecule has 32 heavy (non-hydrogen) atoms. The van der Waals surface area contributed by atoms with Gasteiger partial charge in [0.05, 0.1) is 27.0 Å². The molecule has 0 spiro atoms. The molecule has 1 amide bonds. The molecule has 8 heteroatoms. The van der Waals surface area contributed by atoms with Gasteiger partial charge >= 0.3 is 0 Å². The van der Waals surface area contributed by atoms with Crippen molar-refractivity contribution in [3.63, 3.8) is 0 Å². The van der Waals surface area contributed by atoms with Crippen LogP contribution in [0.15, 0.2) is 41.4 Å². The number of thiazole rings is 1. The van der Waals surface area contributed by atoms with Crippen LogP contribution in [0.1, 0.15) is 35.5 Å². The van der Waals surface area contributed by atoms with Gasteiger partial charge in [0.15, 0.2) is 16.3 Å². The van der Waals surface area contributed by atoms with Crippen LogP contribution < -0.4 is 19.0 Å². The first-order valence-electron chi connectivity index (χ1n) is 10.3. The molecule has 0 aliphatic heterocycles. The van der Waals surface area contributed by atoms with Gasteiger partial charge in [-0.3, -0.25) is 4.79 Å². The monoisotopic (exact) mass is 458 g/mol. The van der Waals surface area contributed by atoms with Crippen molar-refractivity contribution >= 4 is 17.2 Å². The minimum Gasteiger partial charge on any atom is -0.493 e. The van der Waals surface area contributed by atoms with E-state index in [4.69, 9.17) is 14.2 Å². The molecule has 1 heterocycles. The number of aromatic nitrogens is 1. The summed E-state index contributed by atoms with van der Waals surface area (Å²) in [4.78, 5) is 19.2. The van der Waals surface area contributed by atoms with Crippen molar-refractivity contribution in [2.24, 2.45) is 4.99 Å². The molecule has 0 saturated carbocycles. The van der Waals surface area contributed by atoms with Gasteiger partial charge < -0.3 is 18.8 Å². The maximum Gasteiger partial charge on any atom is 0.279 e. The third-order valence-corrected chi connectivity index (χ3v) is 6.14. The fourth-order valence-corrected chi connectivity index (χ4v) is 4.82. The lowest BCUT2D eigenvalue weighted by Gasteiger charge is -2.12. The Balaban J connectivity index is 2.15. The SMILES string of the molecule is CCCc1sc(=NC(=O)c2cc(OC)c(OC)c(OC)c2)n(CC)c1-c1ccc(F)cc1. The number of ether oxygens (including phenoxy) is 3. The summed E-state index contributed by atoms with van der Waals surface area (Å²) in [6.45, 7) is 4.72. The second-order valence-electron chi connectivity index (χ2n) is 6.99. The number of hydrogen-bond donors (Lipinski definition) is 0. The molecule has 0 radical (unpaired) electrons. The highest BCUT2D eigenvalue weighted by Gasteiger charge is 2.19. The van der Waals surface area contributed by atoms with Gasteiger partial charge in [0.2, 0.25) is 5.75 Å². The molecule has 3 aromatic rings. The highest BCUT2D eigenvalue weighted by atomic mass is 32.1. The Morgan fingerprint density at radius 2 is 1.66 bits per heavy atom. The second-order valence-corrected chi connectivity index (χ2v) is 8.05. The van der Waals surface area contributed by atoms with Gasteiger partial charge in [0.25, 0.3) is 5.91 Å². The number of carbonyl (C=O) groups is 1. The molecule has 3 rings (SSSR count). The normalized spacial score (nSPS) is 11.5.